The number of hydrogen-bond acceptors (Lipinski definition) is 5. The van der Waals surface area contributed by atoms with E-state index in [0.29, 0.717) is 17.1 Å². The molecule has 0 fully saturated rings. The number of fused-ring (bicyclic) bond motifs is 1. The summed E-state index contributed by atoms with van der Waals surface area (Å²) in [6.45, 7) is 0.153. The number of benzene rings is 1. The maximum absolute atomic E-state index is 11.3. The first-order valence-corrected chi connectivity index (χ1v) is 4.46. The van der Waals surface area contributed by atoms with Gasteiger partial charge in [0.15, 0.2) is 11.5 Å². The molecule has 1 aliphatic rings. The van der Waals surface area contributed by atoms with Crippen molar-refractivity contribution in [3.05, 3.63) is 23.8 Å². The minimum atomic E-state index is -0.841. The maximum Gasteiger partial charge on any atom is 0.327 e. The molecular weight excluding hydrogens is 234 g/mol. The van der Waals surface area contributed by atoms with E-state index in [2.05, 4.69) is 4.74 Å². The number of ether oxygens (including phenoxy) is 3. The van der Waals surface area contributed by atoms with Gasteiger partial charge in [-0.1, -0.05) is 12.1 Å². The minimum Gasteiger partial charge on any atom is -0.468 e. The molecule has 0 saturated carbocycles. The third-order valence-electron chi connectivity index (χ3n) is 2.22. The summed E-state index contributed by atoms with van der Waals surface area (Å²) in [6.07, 6.45) is 0. The lowest BCUT2D eigenvalue weighted by Gasteiger charge is -2.11. The molecule has 0 saturated heterocycles. The van der Waals surface area contributed by atoms with E-state index < -0.39 is 12.0 Å². The molecule has 1 aliphatic heterocycles. The van der Waals surface area contributed by atoms with Crippen LogP contribution in [0.5, 0.6) is 11.5 Å². The largest absolute Gasteiger partial charge is 0.468 e. The van der Waals surface area contributed by atoms with Gasteiger partial charge in [0.2, 0.25) is 6.79 Å². The van der Waals surface area contributed by atoms with E-state index in [0.717, 1.165) is 0 Å². The summed E-state index contributed by atoms with van der Waals surface area (Å²) >= 11 is 0. The molecule has 0 unspecified atom stereocenters. The predicted molar refractivity (Wildman–Crippen MR) is 58.8 cm³/mol. The summed E-state index contributed by atoms with van der Waals surface area (Å²) in [5.41, 5.74) is 6.29. The lowest BCUT2D eigenvalue weighted by atomic mass is 10.1. The fourth-order valence-electron chi connectivity index (χ4n) is 1.45. The summed E-state index contributed by atoms with van der Waals surface area (Å²) in [4.78, 5) is 11.3. The fraction of sp³-hybridized carbons (Fsp3) is 0.300. The molecule has 1 heterocycles. The smallest absolute Gasteiger partial charge is 0.327 e. The monoisotopic (exact) mass is 245 g/mol. The van der Waals surface area contributed by atoms with E-state index in [9.17, 15) is 4.79 Å². The zero-order chi connectivity index (χ0) is 10.8. The average molecular weight is 246 g/mol. The second-order valence-electron chi connectivity index (χ2n) is 3.08. The first-order chi connectivity index (χ1) is 7.24. The molecule has 0 aliphatic carbocycles. The molecule has 1 atom stereocenters. The number of para-hydroxylation sites is 1. The highest BCUT2D eigenvalue weighted by atomic mass is 35.5. The SMILES string of the molecule is COC(=O)[C@@H](N)c1cccc2c1OCO2.Cl. The van der Waals surface area contributed by atoms with Gasteiger partial charge in [-0.25, -0.2) is 0 Å². The van der Waals surface area contributed by atoms with Crippen molar-refractivity contribution in [1.29, 1.82) is 0 Å². The Morgan fingerprint density at radius 3 is 2.94 bits per heavy atom. The van der Waals surface area contributed by atoms with E-state index in [1.807, 2.05) is 0 Å². The van der Waals surface area contributed by atoms with Crippen molar-refractivity contribution >= 4 is 18.4 Å². The molecular formula is C10H12ClNO4. The van der Waals surface area contributed by atoms with Gasteiger partial charge < -0.3 is 19.9 Å². The van der Waals surface area contributed by atoms with E-state index in [1.54, 1.807) is 18.2 Å². The normalized spacial score (nSPS) is 13.9. The van der Waals surface area contributed by atoms with Crippen molar-refractivity contribution in [3.63, 3.8) is 0 Å². The number of methoxy groups -OCH3 is 1. The Balaban J connectivity index is 0.00000128. The second-order valence-corrected chi connectivity index (χ2v) is 3.08. The predicted octanol–water partition coefficient (Wildman–Crippen LogP) is 1.01. The minimum absolute atomic E-state index is 0. The van der Waals surface area contributed by atoms with Gasteiger partial charge in [-0.3, -0.25) is 4.79 Å². The molecule has 0 amide bonds. The highest BCUT2D eigenvalue weighted by molar-refractivity contribution is 5.85. The summed E-state index contributed by atoms with van der Waals surface area (Å²) in [6, 6.07) is 4.39. The molecule has 88 valence electrons. The Morgan fingerprint density at radius 1 is 1.50 bits per heavy atom. The molecule has 5 nitrogen and oxygen atoms in total. The number of carbonyl (C=O) groups is 1. The van der Waals surface area contributed by atoms with Gasteiger partial charge in [0.05, 0.1) is 7.11 Å². The number of esters is 1. The molecule has 0 radical (unpaired) electrons. The van der Waals surface area contributed by atoms with Crippen molar-refractivity contribution in [3.8, 4) is 11.5 Å². The van der Waals surface area contributed by atoms with Gasteiger partial charge in [-0.2, -0.15) is 0 Å². The van der Waals surface area contributed by atoms with E-state index in [4.69, 9.17) is 15.2 Å². The van der Waals surface area contributed by atoms with Crippen LogP contribution >= 0.6 is 12.4 Å². The van der Waals surface area contributed by atoms with Crippen LogP contribution in [0, 0.1) is 0 Å². The number of nitrogens with two attached hydrogens (primary N) is 1. The quantitative estimate of drug-likeness (QED) is 0.788. The van der Waals surface area contributed by atoms with Crippen LogP contribution in [0.4, 0.5) is 0 Å². The van der Waals surface area contributed by atoms with Gasteiger partial charge in [-0.05, 0) is 6.07 Å². The molecule has 1 aromatic rings. The molecule has 16 heavy (non-hydrogen) atoms. The Morgan fingerprint density at radius 2 is 2.25 bits per heavy atom. The third-order valence-corrected chi connectivity index (χ3v) is 2.22. The topological polar surface area (TPSA) is 70.8 Å². The van der Waals surface area contributed by atoms with E-state index in [-0.39, 0.29) is 19.2 Å². The second kappa shape index (κ2) is 5.05. The molecule has 0 spiro atoms. The highest BCUT2D eigenvalue weighted by Crippen LogP contribution is 2.37. The van der Waals surface area contributed by atoms with Crippen LogP contribution < -0.4 is 15.2 Å². The molecule has 2 rings (SSSR count). The van der Waals surface area contributed by atoms with Crippen molar-refractivity contribution in [2.75, 3.05) is 13.9 Å². The molecule has 6 heteroatoms. The molecule has 0 bridgehead atoms. The van der Waals surface area contributed by atoms with Gasteiger partial charge in [-0.15, -0.1) is 12.4 Å². The van der Waals surface area contributed by atoms with Crippen LogP contribution in [0.15, 0.2) is 18.2 Å². The Labute approximate surface area is 98.9 Å². The van der Waals surface area contributed by atoms with E-state index >= 15 is 0 Å². The van der Waals surface area contributed by atoms with Crippen molar-refractivity contribution in [2.24, 2.45) is 5.73 Å². The lowest BCUT2D eigenvalue weighted by molar-refractivity contribution is -0.142. The van der Waals surface area contributed by atoms with E-state index in [1.165, 1.54) is 7.11 Å². The first kappa shape index (κ1) is 12.6. The van der Waals surface area contributed by atoms with Crippen molar-refractivity contribution in [2.45, 2.75) is 6.04 Å². The maximum atomic E-state index is 11.3. The van der Waals surface area contributed by atoms with Crippen LogP contribution in [-0.2, 0) is 9.53 Å². The Bertz CT molecular complexity index is 396. The highest BCUT2D eigenvalue weighted by Gasteiger charge is 2.25. The summed E-state index contributed by atoms with van der Waals surface area (Å²) < 4.78 is 15.0. The lowest BCUT2D eigenvalue weighted by Crippen LogP contribution is -2.22. The first-order valence-electron chi connectivity index (χ1n) is 4.46. The molecule has 1 aromatic carbocycles. The number of carbonyl (C=O) groups excluding carboxylic acids is 1. The van der Waals surface area contributed by atoms with Gasteiger partial charge >= 0.3 is 5.97 Å². The van der Waals surface area contributed by atoms with Gasteiger partial charge in [0.1, 0.15) is 6.04 Å². The number of rotatable bonds is 2. The van der Waals surface area contributed by atoms with Crippen LogP contribution in [0.2, 0.25) is 0 Å². The van der Waals surface area contributed by atoms with Crippen molar-refractivity contribution in [1.82, 2.24) is 0 Å². The Kier molecular flexibility index (Phi) is 3.98. The van der Waals surface area contributed by atoms with Crippen LogP contribution in [0.25, 0.3) is 0 Å². The van der Waals surface area contributed by atoms with Crippen molar-refractivity contribution < 1.29 is 19.0 Å². The van der Waals surface area contributed by atoms with Crippen LogP contribution in [0.1, 0.15) is 11.6 Å². The zero-order valence-corrected chi connectivity index (χ0v) is 9.45. The summed E-state index contributed by atoms with van der Waals surface area (Å²) in [5.74, 6) is 0.626. The zero-order valence-electron chi connectivity index (χ0n) is 8.64. The Hall–Kier alpha value is -1.46. The fourth-order valence-corrected chi connectivity index (χ4v) is 1.45. The third kappa shape index (κ3) is 2.05. The van der Waals surface area contributed by atoms with Gasteiger partial charge in [0, 0.05) is 5.56 Å². The molecule has 2 N–H and O–H groups in total. The van der Waals surface area contributed by atoms with Crippen LogP contribution in [-0.4, -0.2) is 19.9 Å². The average Bonchev–Trinajstić information content (AvgIpc) is 2.74. The number of hydrogen-bond donors (Lipinski definition) is 1. The summed E-state index contributed by atoms with van der Waals surface area (Å²) in [7, 11) is 1.29. The van der Waals surface area contributed by atoms with Crippen LogP contribution in [0.3, 0.4) is 0 Å². The van der Waals surface area contributed by atoms with Gasteiger partial charge in [0.25, 0.3) is 0 Å². The summed E-state index contributed by atoms with van der Waals surface area (Å²) in [5, 5.41) is 0. The molecule has 0 aromatic heterocycles. The number of halogens is 1. The standard InChI is InChI=1S/C10H11NO4.ClH/c1-13-10(12)8(11)6-3-2-4-7-9(6)15-5-14-7;/h2-4,8H,5,11H2,1H3;1H/t8-;/m0./s1.